The van der Waals surface area contributed by atoms with Gasteiger partial charge >= 0.3 is 0 Å². The van der Waals surface area contributed by atoms with Crippen molar-refractivity contribution in [1.82, 2.24) is 0 Å². The first-order valence-corrected chi connectivity index (χ1v) is 7.16. The van der Waals surface area contributed by atoms with Crippen molar-refractivity contribution in [1.29, 1.82) is 0 Å². The lowest BCUT2D eigenvalue weighted by molar-refractivity contribution is 0.0894. The SMILES string of the molecule is Cc1ccc(C(=O)CC(=O)c2ccc(OCCN)cc2)cc1. The van der Waals surface area contributed by atoms with Crippen LogP contribution in [0.2, 0.25) is 0 Å². The second kappa shape index (κ2) is 7.52. The van der Waals surface area contributed by atoms with Gasteiger partial charge in [0.05, 0.1) is 6.42 Å². The van der Waals surface area contributed by atoms with E-state index in [2.05, 4.69) is 0 Å². The monoisotopic (exact) mass is 297 g/mol. The van der Waals surface area contributed by atoms with Gasteiger partial charge in [-0.15, -0.1) is 0 Å². The first kappa shape index (κ1) is 15.9. The maximum atomic E-state index is 12.1. The summed E-state index contributed by atoms with van der Waals surface area (Å²) in [5, 5.41) is 0. The molecule has 0 bridgehead atoms. The Bertz CT molecular complexity index is 645. The van der Waals surface area contributed by atoms with E-state index in [1.165, 1.54) is 0 Å². The first-order chi connectivity index (χ1) is 10.6. The maximum absolute atomic E-state index is 12.1. The highest BCUT2D eigenvalue weighted by atomic mass is 16.5. The van der Waals surface area contributed by atoms with Crippen LogP contribution >= 0.6 is 0 Å². The van der Waals surface area contributed by atoms with E-state index in [0.29, 0.717) is 30.0 Å². The van der Waals surface area contributed by atoms with E-state index in [-0.39, 0.29) is 18.0 Å². The van der Waals surface area contributed by atoms with E-state index < -0.39 is 0 Å². The van der Waals surface area contributed by atoms with Crippen LogP contribution in [0, 0.1) is 6.92 Å². The van der Waals surface area contributed by atoms with Gasteiger partial charge in [-0.2, -0.15) is 0 Å². The molecule has 0 heterocycles. The smallest absolute Gasteiger partial charge is 0.170 e. The maximum Gasteiger partial charge on any atom is 0.170 e. The van der Waals surface area contributed by atoms with Gasteiger partial charge in [0, 0.05) is 17.7 Å². The van der Waals surface area contributed by atoms with Gasteiger partial charge in [0.2, 0.25) is 0 Å². The van der Waals surface area contributed by atoms with Crippen molar-refractivity contribution in [3.8, 4) is 5.75 Å². The Balaban J connectivity index is 1.99. The number of hydrogen-bond acceptors (Lipinski definition) is 4. The minimum atomic E-state index is -0.198. The summed E-state index contributed by atoms with van der Waals surface area (Å²) in [7, 11) is 0. The molecule has 0 fully saturated rings. The molecule has 0 aromatic heterocycles. The van der Waals surface area contributed by atoms with Gasteiger partial charge in [-0.3, -0.25) is 9.59 Å². The van der Waals surface area contributed by atoms with Crippen LogP contribution in [0.5, 0.6) is 5.75 Å². The normalized spacial score (nSPS) is 10.3. The van der Waals surface area contributed by atoms with Crippen LogP contribution in [0.3, 0.4) is 0 Å². The summed E-state index contributed by atoms with van der Waals surface area (Å²) in [5.41, 5.74) is 7.49. The Morgan fingerprint density at radius 2 is 1.41 bits per heavy atom. The molecule has 0 unspecified atom stereocenters. The summed E-state index contributed by atoms with van der Waals surface area (Å²) in [4.78, 5) is 24.2. The third-order valence-electron chi connectivity index (χ3n) is 3.26. The molecule has 0 spiro atoms. The number of Topliss-reactive ketones (excluding diaryl/α,β-unsaturated/α-hetero) is 2. The molecule has 2 aromatic rings. The summed E-state index contributed by atoms with van der Waals surface area (Å²) in [5.74, 6) is 0.288. The van der Waals surface area contributed by atoms with Gasteiger partial charge in [-0.1, -0.05) is 29.8 Å². The molecular weight excluding hydrogens is 278 g/mol. The molecule has 0 radical (unpaired) electrons. The van der Waals surface area contributed by atoms with Crippen molar-refractivity contribution >= 4 is 11.6 Å². The summed E-state index contributed by atoms with van der Waals surface area (Å²) < 4.78 is 5.35. The number of aryl methyl sites for hydroxylation is 1. The minimum Gasteiger partial charge on any atom is -0.492 e. The molecule has 114 valence electrons. The van der Waals surface area contributed by atoms with E-state index in [9.17, 15) is 9.59 Å². The fraction of sp³-hybridized carbons (Fsp3) is 0.222. The summed E-state index contributed by atoms with van der Waals surface area (Å²) in [6.07, 6.45) is -0.133. The molecule has 2 aromatic carbocycles. The average Bonchev–Trinajstić information content (AvgIpc) is 2.54. The van der Waals surface area contributed by atoms with E-state index in [0.717, 1.165) is 5.56 Å². The van der Waals surface area contributed by atoms with Crippen LogP contribution in [-0.4, -0.2) is 24.7 Å². The van der Waals surface area contributed by atoms with E-state index in [4.69, 9.17) is 10.5 Å². The zero-order chi connectivity index (χ0) is 15.9. The molecule has 0 atom stereocenters. The van der Waals surface area contributed by atoms with Gasteiger partial charge in [0.25, 0.3) is 0 Å². The first-order valence-electron chi connectivity index (χ1n) is 7.16. The third-order valence-corrected chi connectivity index (χ3v) is 3.26. The Kier molecular flexibility index (Phi) is 5.44. The third kappa shape index (κ3) is 4.27. The number of nitrogens with two attached hydrogens (primary N) is 1. The van der Waals surface area contributed by atoms with Crippen LogP contribution in [0.1, 0.15) is 32.7 Å². The molecule has 0 amide bonds. The molecule has 0 aliphatic rings. The number of ketones is 2. The predicted octanol–water partition coefficient (Wildman–Crippen LogP) is 2.79. The Labute approximate surface area is 129 Å². The van der Waals surface area contributed by atoms with Gasteiger partial charge < -0.3 is 10.5 Å². The number of ether oxygens (including phenoxy) is 1. The van der Waals surface area contributed by atoms with Crippen molar-refractivity contribution in [2.24, 2.45) is 5.73 Å². The number of hydrogen-bond donors (Lipinski definition) is 1. The number of rotatable bonds is 7. The molecule has 0 aliphatic heterocycles. The molecule has 22 heavy (non-hydrogen) atoms. The molecule has 2 rings (SSSR count). The van der Waals surface area contributed by atoms with Crippen LogP contribution in [0.4, 0.5) is 0 Å². The molecule has 4 nitrogen and oxygen atoms in total. The van der Waals surface area contributed by atoms with Crippen LogP contribution in [0.25, 0.3) is 0 Å². The highest BCUT2D eigenvalue weighted by molar-refractivity contribution is 6.13. The Morgan fingerprint density at radius 3 is 1.91 bits per heavy atom. The van der Waals surface area contributed by atoms with E-state index in [1.54, 1.807) is 36.4 Å². The molecule has 0 aliphatic carbocycles. The number of carbonyl (C=O) groups is 2. The van der Waals surface area contributed by atoms with Crippen LogP contribution < -0.4 is 10.5 Å². The molecule has 4 heteroatoms. The number of benzene rings is 2. The molecule has 0 saturated heterocycles. The van der Waals surface area contributed by atoms with Crippen molar-refractivity contribution in [3.63, 3.8) is 0 Å². The number of carbonyl (C=O) groups excluding carboxylic acids is 2. The highest BCUT2D eigenvalue weighted by Crippen LogP contribution is 2.15. The quantitative estimate of drug-likeness (QED) is 0.630. The predicted molar refractivity (Wildman–Crippen MR) is 85.4 cm³/mol. The second-order valence-electron chi connectivity index (χ2n) is 5.05. The minimum absolute atomic E-state index is 0.133. The lowest BCUT2D eigenvalue weighted by atomic mass is 10.0. The topological polar surface area (TPSA) is 69.4 Å². The second-order valence-corrected chi connectivity index (χ2v) is 5.05. The van der Waals surface area contributed by atoms with Crippen molar-refractivity contribution < 1.29 is 14.3 Å². The lowest BCUT2D eigenvalue weighted by Crippen LogP contribution is -2.11. The summed E-state index contributed by atoms with van der Waals surface area (Å²) in [6.45, 7) is 2.82. The van der Waals surface area contributed by atoms with Crippen molar-refractivity contribution in [2.75, 3.05) is 13.2 Å². The van der Waals surface area contributed by atoms with Crippen LogP contribution in [-0.2, 0) is 0 Å². The molecule has 0 saturated carbocycles. The zero-order valence-electron chi connectivity index (χ0n) is 12.5. The lowest BCUT2D eigenvalue weighted by Gasteiger charge is -2.05. The average molecular weight is 297 g/mol. The van der Waals surface area contributed by atoms with Gasteiger partial charge in [-0.25, -0.2) is 0 Å². The molecular formula is C18H19NO3. The standard InChI is InChI=1S/C18H19NO3/c1-13-2-4-14(5-3-13)17(20)12-18(21)15-6-8-16(9-7-15)22-11-10-19/h2-9H,10-12,19H2,1H3. The van der Waals surface area contributed by atoms with E-state index in [1.807, 2.05) is 19.1 Å². The van der Waals surface area contributed by atoms with Gasteiger partial charge in [0.15, 0.2) is 11.6 Å². The Hall–Kier alpha value is -2.46. The fourth-order valence-electron chi connectivity index (χ4n) is 2.00. The van der Waals surface area contributed by atoms with Crippen LogP contribution in [0.15, 0.2) is 48.5 Å². The van der Waals surface area contributed by atoms with E-state index >= 15 is 0 Å². The molecule has 2 N–H and O–H groups in total. The summed E-state index contributed by atoms with van der Waals surface area (Å²) in [6, 6.07) is 14.0. The highest BCUT2D eigenvalue weighted by Gasteiger charge is 2.13. The van der Waals surface area contributed by atoms with Gasteiger partial charge in [-0.05, 0) is 31.2 Å². The Morgan fingerprint density at radius 1 is 0.909 bits per heavy atom. The van der Waals surface area contributed by atoms with Crippen molar-refractivity contribution in [2.45, 2.75) is 13.3 Å². The van der Waals surface area contributed by atoms with Gasteiger partial charge in [0.1, 0.15) is 12.4 Å². The largest absolute Gasteiger partial charge is 0.492 e. The zero-order valence-corrected chi connectivity index (χ0v) is 12.5. The van der Waals surface area contributed by atoms with Crippen molar-refractivity contribution in [3.05, 3.63) is 65.2 Å². The fourth-order valence-corrected chi connectivity index (χ4v) is 2.00. The summed E-state index contributed by atoms with van der Waals surface area (Å²) >= 11 is 0.